The highest BCUT2D eigenvalue weighted by molar-refractivity contribution is 6.27. The van der Waals surface area contributed by atoms with Crippen molar-refractivity contribution >= 4 is 29.3 Å². The van der Waals surface area contributed by atoms with Gasteiger partial charge in [-0.1, -0.05) is 0 Å². The Balaban J connectivity index is -0.0000000125. The van der Waals surface area contributed by atoms with E-state index in [0.29, 0.717) is 0 Å². The van der Waals surface area contributed by atoms with Crippen LogP contribution in [-0.2, 0) is 9.59 Å². The highest BCUT2D eigenvalue weighted by Gasteiger charge is 2.04. The average Bonchev–Trinajstić information content (AvgIpc) is 1.36. The van der Waals surface area contributed by atoms with Gasteiger partial charge in [-0.25, -0.2) is 9.59 Å². The quantitative estimate of drug-likeness (QED) is 0.285. The first kappa shape index (κ1) is 48.1. The summed E-state index contributed by atoms with van der Waals surface area (Å²) in [6, 6.07) is 0. The Morgan fingerprint density at radius 1 is 0.727 bits per heavy atom. The Hall–Kier alpha value is -0.688. The molecule has 0 bridgehead atoms. The first-order valence-corrected chi connectivity index (χ1v) is 1.11. The fourth-order valence-corrected chi connectivity index (χ4v) is 0. The summed E-state index contributed by atoms with van der Waals surface area (Å²) in [5.74, 6) is -3.65. The molecule has 72 valence electrons. The van der Waals surface area contributed by atoms with Gasteiger partial charge in [0.1, 0.15) is 0 Å². The largest absolute Gasteiger partial charge is 0.473 e. The molecule has 0 rings (SSSR count). The molecule has 11 heavy (non-hydrogen) atoms. The molecule has 0 saturated carbocycles. The van der Waals surface area contributed by atoms with E-state index in [9.17, 15) is 0 Å². The number of hydrogen-bond acceptors (Lipinski definition) is 2. The molecular formula is C2H13AlO8. The molecule has 8 nitrogen and oxygen atoms in total. The Morgan fingerprint density at radius 3 is 0.818 bits per heavy atom. The summed E-state index contributed by atoms with van der Waals surface area (Å²) in [6.07, 6.45) is 0. The summed E-state index contributed by atoms with van der Waals surface area (Å²) in [4.78, 5) is 18.2. The number of aliphatic carboxylic acids is 2. The van der Waals surface area contributed by atoms with Gasteiger partial charge in [0.15, 0.2) is 17.4 Å². The van der Waals surface area contributed by atoms with Gasteiger partial charge < -0.3 is 32.1 Å². The molecule has 0 spiro atoms. The summed E-state index contributed by atoms with van der Waals surface area (Å²) >= 11 is 0. The van der Waals surface area contributed by atoms with Gasteiger partial charge in [0.2, 0.25) is 0 Å². The second-order valence-electron chi connectivity index (χ2n) is 0.610. The summed E-state index contributed by atoms with van der Waals surface area (Å²) in [5, 5.41) is 14.8. The number of carboxylic acid groups (broad SMARTS) is 2. The lowest BCUT2D eigenvalue weighted by atomic mass is 10.7. The lowest BCUT2D eigenvalue weighted by molar-refractivity contribution is -0.159. The summed E-state index contributed by atoms with van der Waals surface area (Å²) in [7, 11) is 0. The zero-order valence-electron chi connectivity index (χ0n) is 4.71. The maximum Gasteiger partial charge on any atom is 0.414 e. The van der Waals surface area contributed by atoms with Crippen LogP contribution in [0.2, 0.25) is 0 Å². The van der Waals surface area contributed by atoms with Crippen molar-refractivity contribution in [3.05, 3.63) is 0 Å². The van der Waals surface area contributed by atoms with Gasteiger partial charge in [-0.3, -0.25) is 0 Å². The third-order valence-corrected chi connectivity index (χ3v) is 0.183. The minimum Gasteiger partial charge on any atom is -0.473 e. The molecular weight excluding hydrogens is 179 g/mol. The molecule has 0 saturated heterocycles. The van der Waals surface area contributed by atoms with Crippen LogP contribution in [0.1, 0.15) is 0 Å². The van der Waals surface area contributed by atoms with Gasteiger partial charge in [0.05, 0.1) is 0 Å². The average molecular weight is 192 g/mol. The van der Waals surface area contributed by atoms with Gasteiger partial charge >= 0.3 is 11.9 Å². The molecule has 0 aromatic heterocycles. The van der Waals surface area contributed by atoms with Gasteiger partial charge in [-0.05, 0) is 0 Å². The minimum absolute atomic E-state index is 0. The van der Waals surface area contributed by atoms with Crippen LogP contribution in [0.15, 0.2) is 0 Å². The van der Waals surface area contributed by atoms with E-state index in [1.807, 2.05) is 0 Å². The van der Waals surface area contributed by atoms with E-state index in [1.54, 1.807) is 0 Å². The normalized spacial score (nSPS) is 4.00. The Kier molecular flexibility index (Phi) is 99.7. The van der Waals surface area contributed by atoms with Crippen molar-refractivity contribution in [1.29, 1.82) is 0 Å². The second-order valence-corrected chi connectivity index (χ2v) is 0.610. The molecule has 0 aromatic carbocycles. The van der Waals surface area contributed by atoms with Crippen LogP contribution in [0, 0.1) is 0 Å². The molecule has 0 aliphatic rings. The second kappa shape index (κ2) is 22.8. The smallest absolute Gasteiger partial charge is 0.414 e. The molecule has 0 amide bonds. The van der Waals surface area contributed by atoms with Crippen molar-refractivity contribution in [3.8, 4) is 0 Å². The molecule has 10 N–H and O–H groups in total. The standard InChI is InChI=1S/C2H2O4.Al.4H2O.3H/c3-1(4)2(5)6;;;;;;;;/h(H,3,4)(H,5,6);;4*1H2;;;. The lowest BCUT2D eigenvalue weighted by Gasteiger charge is -1.72. The summed E-state index contributed by atoms with van der Waals surface area (Å²) in [5.41, 5.74) is 0. The first-order chi connectivity index (χ1) is 2.64. The molecule has 0 fully saturated rings. The van der Waals surface area contributed by atoms with E-state index in [0.717, 1.165) is 0 Å². The van der Waals surface area contributed by atoms with Gasteiger partial charge in [-0.15, -0.1) is 0 Å². The predicted octanol–water partition coefficient (Wildman–Crippen LogP) is -5.33. The van der Waals surface area contributed by atoms with Crippen molar-refractivity contribution in [2.75, 3.05) is 0 Å². The maximum atomic E-state index is 9.10. The fraction of sp³-hybridized carbons (Fsp3) is 0. The number of carbonyl (C=O) groups is 2. The van der Waals surface area contributed by atoms with Crippen molar-refractivity contribution in [3.63, 3.8) is 0 Å². The van der Waals surface area contributed by atoms with E-state index < -0.39 is 11.9 Å². The number of hydrogen-bond donors (Lipinski definition) is 2. The van der Waals surface area contributed by atoms with Crippen molar-refractivity contribution in [1.82, 2.24) is 0 Å². The molecule has 0 aromatic rings. The van der Waals surface area contributed by atoms with Gasteiger partial charge in [-0.2, -0.15) is 0 Å². The Morgan fingerprint density at radius 2 is 0.818 bits per heavy atom. The summed E-state index contributed by atoms with van der Waals surface area (Å²) < 4.78 is 0. The molecule has 0 heterocycles. The van der Waals surface area contributed by atoms with E-state index in [4.69, 9.17) is 19.8 Å². The van der Waals surface area contributed by atoms with Crippen LogP contribution in [-0.4, -0.2) is 61.4 Å². The SMILES string of the molecule is O.O.O.O.O=C(O)C(=O)O.[AlH3]. The molecule has 9 heteroatoms. The Labute approximate surface area is 71.8 Å². The van der Waals surface area contributed by atoms with E-state index in [2.05, 4.69) is 0 Å². The predicted molar refractivity (Wildman–Crippen MR) is 39.7 cm³/mol. The van der Waals surface area contributed by atoms with Crippen LogP contribution >= 0.6 is 0 Å². The van der Waals surface area contributed by atoms with Gasteiger partial charge in [0.25, 0.3) is 0 Å². The first-order valence-electron chi connectivity index (χ1n) is 1.11. The van der Waals surface area contributed by atoms with E-state index in [-0.39, 0.29) is 39.3 Å². The molecule has 0 atom stereocenters. The monoisotopic (exact) mass is 192 g/mol. The highest BCUT2D eigenvalue weighted by Crippen LogP contribution is 1.56. The van der Waals surface area contributed by atoms with Gasteiger partial charge in [0, 0.05) is 0 Å². The third-order valence-electron chi connectivity index (χ3n) is 0.183. The van der Waals surface area contributed by atoms with Crippen LogP contribution in [0.5, 0.6) is 0 Å². The maximum absolute atomic E-state index is 9.10. The van der Waals surface area contributed by atoms with Crippen molar-refractivity contribution in [2.24, 2.45) is 0 Å². The number of carboxylic acids is 2. The molecule has 0 aliphatic carbocycles. The molecule has 0 aliphatic heterocycles. The van der Waals surface area contributed by atoms with Crippen LogP contribution in [0.3, 0.4) is 0 Å². The zero-order chi connectivity index (χ0) is 5.15. The minimum atomic E-state index is -1.82. The molecule has 0 radical (unpaired) electrons. The topological polar surface area (TPSA) is 201 Å². The van der Waals surface area contributed by atoms with Crippen LogP contribution < -0.4 is 0 Å². The molecule has 0 unspecified atom stereocenters. The summed E-state index contributed by atoms with van der Waals surface area (Å²) in [6.45, 7) is 0. The van der Waals surface area contributed by atoms with Crippen LogP contribution in [0.25, 0.3) is 0 Å². The number of rotatable bonds is 0. The van der Waals surface area contributed by atoms with Crippen molar-refractivity contribution < 1.29 is 41.7 Å². The lowest BCUT2D eigenvalue weighted by Crippen LogP contribution is -2.09. The van der Waals surface area contributed by atoms with E-state index >= 15 is 0 Å². The zero-order valence-corrected chi connectivity index (χ0v) is 4.71. The third kappa shape index (κ3) is 45.4. The van der Waals surface area contributed by atoms with Crippen LogP contribution in [0.4, 0.5) is 0 Å². The highest BCUT2D eigenvalue weighted by atomic mass is 27.0. The Bertz CT molecular complexity index is 78.1. The van der Waals surface area contributed by atoms with Crippen molar-refractivity contribution in [2.45, 2.75) is 0 Å². The van der Waals surface area contributed by atoms with E-state index in [1.165, 1.54) is 0 Å². The fourth-order valence-electron chi connectivity index (χ4n) is 0.